The number of rotatable bonds is 8. The van der Waals surface area contributed by atoms with Crippen molar-refractivity contribution in [3.05, 3.63) is 77.1 Å². The lowest BCUT2D eigenvalue weighted by atomic mass is 10.1. The number of oxime groups is 1. The summed E-state index contributed by atoms with van der Waals surface area (Å²) in [6, 6.07) is 12.6. The van der Waals surface area contributed by atoms with Gasteiger partial charge in [0.1, 0.15) is 17.5 Å². The second kappa shape index (κ2) is 10.9. The number of ether oxygens (including phenoxy) is 1. The Morgan fingerprint density at radius 2 is 1.51 bits per heavy atom. The van der Waals surface area contributed by atoms with Crippen LogP contribution in [0.25, 0.3) is 10.8 Å². The average molecular weight is 494 g/mol. The maximum Gasteiger partial charge on any atom is 0.338 e. The number of hydrogen-bond donors (Lipinski definition) is 1. The molecule has 0 spiro atoms. The Hall–Kier alpha value is -4.02. The van der Waals surface area contributed by atoms with E-state index in [1.807, 2.05) is 18.2 Å². The monoisotopic (exact) mass is 494 g/mol. The number of amides is 1. The standard InChI is InChI=1S/C24H19F5N2O4/c1-12(10-11-34-24(33)16-9-5-7-14-6-3-4-8-15(14)16)35-31-13(2)23(32)30-22-20(28)18(26)17(25)19(27)21(22)29/h3-9,12H,10-11H2,1-2H3,(H,30,32)/b31-13-. The molecule has 184 valence electrons. The highest BCUT2D eigenvalue weighted by Gasteiger charge is 2.27. The number of nitrogens with one attached hydrogen (secondary N) is 1. The average Bonchev–Trinajstić information content (AvgIpc) is 2.86. The molecule has 0 aliphatic heterocycles. The summed E-state index contributed by atoms with van der Waals surface area (Å²) in [6.45, 7) is 2.63. The number of nitrogens with zero attached hydrogens (tertiary/aromatic N) is 1. The first-order chi connectivity index (χ1) is 16.6. The van der Waals surface area contributed by atoms with Gasteiger partial charge in [0.25, 0.3) is 5.91 Å². The van der Waals surface area contributed by atoms with E-state index in [4.69, 9.17) is 9.57 Å². The Labute approximate surface area is 196 Å². The van der Waals surface area contributed by atoms with E-state index in [-0.39, 0.29) is 13.0 Å². The van der Waals surface area contributed by atoms with E-state index in [2.05, 4.69) is 5.16 Å². The fourth-order valence-corrected chi connectivity index (χ4v) is 2.98. The zero-order valence-corrected chi connectivity index (χ0v) is 18.5. The van der Waals surface area contributed by atoms with Crippen LogP contribution < -0.4 is 5.32 Å². The summed E-state index contributed by atoms with van der Waals surface area (Å²) in [5.41, 5.74) is -1.56. The largest absolute Gasteiger partial charge is 0.462 e. The first-order valence-corrected chi connectivity index (χ1v) is 10.3. The van der Waals surface area contributed by atoms with E-state index in [1.54, 1.807) is 36.5 Å². The molecule has 0 saturated heterocycles. The Kier molecular flexibility index (Phi) is 8.00. The van der Waals surface area contributed by atoms with Crippen molar-refractivity contribution < 1.29 is 41.1 Å². The van der Waals surface area contributed by atoms with Gasteiger partial charge in [0, 0.05) is 6.42 Å². The second-order valence-electron chi connectivity index (χ2n) is 7.44. The molecule has 0 heterocycles. The molecule has 0 radical (unpaired) electrons. The number of halogens is 5. The van der Waals surface area contributed by atoms with Crippen molar-refractivity contribution in [2.24, 2.45) is 5.16 Å². The minimum Gasteiger partial charge on any atom is -0.462 e. The van der Waals surface area contributed by atoms with Gasteiger partial charge in [0.15, 0.2) is 23.3 Å². The van der Waals surface area contributed by atoms with Crippen LogP contribution >= 0.6 is 0 Å². The van der Waals surface area contributed by atoms with Crippen molar-refractivity contribution in [2.75, 3.05) is 11.9 Å². The smallest absolute Gasteiger partial charge is 0.338 e. The molecule has 1 amide bonds. The predicted molar refractivity (Wildman–Crippen MR) is 117 cm³/mol. The third-order valence-electron chi connectivity index (χ3n) is 4.91. The molecule has 3 aromatic carbocycles. The van der Waals surface area contributed by atoms with Gasteiger partial charge in [-0.05, 0) is 30.7 Å². The van der Waals surface area contributed by atoms with Gasteiger partial charge in [-0.1, -0.05) is 41.6 Å². The SMILES string of the molecule is C/C(=N/OC(C)CCOC(=O)c1cccc2ccccc12)C(=O)Nc1c(F)c(F)c(F)c(F)c1F. The molecule has 35 heavy (non-hydrogen) atoms. The van der Waals surface area contributed by atoms with Crippen LogP contribution in [-0.4, -0.2) is 30.3 Å². The minimum atomic E-state index is -2.35. The van der Waals surface area contributed by atoms with Crippen LogP contribution in [0.3, 0.4) is 0 Å². The van der Waals surface area contributed by atoms with Gasteiger partial charge in [0.2, 0.25) is 5.82 Å². The number of esters is 1. The molecular formula is C24H19F5N2O4. The van der Waals surface area contributed by atoms with Crippen LogP contribution in [0.15, 0.2) is 47.6 Å². The van der Waals surface area contributed by atoms with Crippen molar-refractivity contribution in [3.8, 4) is 0 Å². The van der Waals surface area contributed by atoms with Gasteiger partial charge in [-0.2, -0.15) is 0 Å². The minimum absolute atomic E-state index is 0.0332. The molecule has 1 N–H and O–H groups in total. The number of fused-ring (bicyclic) bond motifs is 1. The van der Waals surface area contributed by atoms with Gasteiger partial charge in [-0.25, -0.2) is 26.7 Å². The number of hydrogen-bond acceptors (Lipinski definition) is 5. The maximum absolute atomic E-state index is 13.7. The van der Waals surface area contributed by atoms with Crippen molar-refractivity contribution in [1.29, 1.82) is 0 Å². The van der Waals surface area contributed by atoms with Crippen LogP contribution in [0.5, 0.6) is 0 Å². The van der Waals surface area contributed by atoms with Crippen LogP contribution in [0, 0.1) is 29.1 Å². The quantitative estimate of drug-likeness (QED) is 0.112. The molecule has 1 unspecified atom stereocenters. The molecular weight excluding hydrogens is 475 g/mol. The highest BCUT2D eigenvalue weighted by Crippen LogP contribution is 2.27. The first-order valence-electron chi connectivity index (χ1n) is 10.3. The van der Waals surface area contributed by atoms with Gasteiger partial charge in [-0.3, -0.25) is 4.79 Å². The highest BCUT2D eigenvalue weighted by atomic mass is 19.2. The van der Waals surface area contributed by atoms with Gasteiger partial charge < -0.3 is 14.9 Å². The third-order valence-corrected chi connectivity index (χ3v) is 4.91. The lowest BCUT2D eigenvalue weighted by Gasteiger charge is -2.12. The van der Waals surface area contributed by atoms with Crippen molar-refractivity contribution in [3.63, 3.8) is 0 Å². The van der Waals surface area contributed by atoms with E-state index < -0.39 is 58.5 Å². The van der Waals surface area contributed by atoms with Gasteiger partial charge in [0.05, 0.1) is 12.2 Å². The normalized spacial score (nSPS) is 12.4. The Morgan fingerprint density at radius 3 is 2.20 bits per heavy atom. The topological polar surface area (TPSA) is 77.0 Å². The molecule has 0 saturated carbocycles. The number of carbonyl (C=O) groups excluding carboxylic acids is 2. The van der Waals surface area contributed by atoms with Gasteiger partial charge in [-0.15, -0.1) is 0 Å². The Bertz CT molecular complexity index is 1280. The molecule has 11 heteroatoms. The zero-order chi connectivity index (χ0) is 25.7. The molecule has 3 rings (SSSR count). The zero-order valence-electron chi connectivity index (χ0n) is 18.5. The van der Waals surface area contributed by atoms with Crippen LogP contribution in [-0.2, 0) is 14.4 Å². The molecule has 0 bridgehead atoms. The summed E-state index contributed by atoms with van der Waals surface area (Å²) >= 11 is 0. The fourth-order valence-electron chi connectivity index (χ4n) is 2.98. The molecule has 0 aliphatic rings. The summed E-state index contributed by atoms with van der Waals surface area (Å²) in [5.74, 6) is -12.9. The summed E-state index contributed by atoms with van der Waals surface area (Å²) in [7, 11) is 0. The first kappa shape index (κ1) is 25.6. The van der Waals surface area contributed by atoms with E-state index in [0.29, 0.717) is 5.56 Å². The van der Waals surface area contributed by atoms with E-state index in [0.717, 1.165) is 17.7 Å². The number of carbonyl (C=O) groups is 2. The molecule has 1 atom stereocenters. The molecule has 0 aliphatic carbocycles. The molecule has 3 aromatic rings. The van der Waals surface area contributed by atoms with Crippen LogP contribution in [0.2, 0.25) is 0 Å². The molecule has 0 fully saturated rings. The Morgan fingerprint density at radius 1 is 0.914 bits per heavy atom. The molecule has 6 nitrogen and oxygen atoms in total. The lowest BCUT2D eigenvalue weighted by molar-refractivity contribution is -0.110. The number of benzene rings is 3. The summed E-state index contributed by atoms with van der Waals surface area (Å²) < 4.78 is 72.3. The predicted octanol–water partition coefficient (Wildman–Crippen LogP) is 5.50. The highest BCUT2D eigenvalue weighted by molar-refractivity contribution is 6.42. The number of anilines is 1. The Balaban J connectivity index is 1.54. The van der Waals surface area contributed by atoms with Crippen molar-refractivity contribution in [2.45, 2.75) is 26.4 Å². The van der Waals surface area contributed by atoms with E-state index in [9.17, 15) is 31.5 Å². The summed E-state index contributed by atoms with van der Waals surface area (Å²) in [5, 5.41) is 6.70. The van der Waals surface area contributed by atoms with Gasteiger partial charge >= 0.3 is 5.97 Å². The second-order valence-corrected chi connectivity index (χ2v) is 7.44. The van der Waals surface area contributed by atoms with Crippen molar-refractivity contribution >= 4 is 34.0 Å². The van der Waals surface area contributed by atoms with E-state index >= 15 is 0 Å². The van der Waals surface area contributed by atoms with E-state index in [1.165, 1.54) is 0 Å². The third kappa shape index (κ3) is 5.73. The summed E-state index contributed by atoms with van der Waals surface area (Å²) in [4.78, 5) is 29.5. The van der Waals surface area contributed by atoms with Crippen LogP contribution in [0.1, 0.15) is 30.6 Å². The maximum atomic E-state index is 13.7. The summed E-state index contributed by atoms with van der Waals surface area (Å²) in [6.07, 6.45) is -0.459. The van der Waals surface area contributed by atoms with Crippen LogP contribution in [0.4, 0.5) is 27.6 Å². The molecule has 0 aromatic heterocycles. The lowest BCUT2D eigenvalue weighted by Crippen LogP contribution is -2.24. The van der Waals surface area contributed by atoms with Crippen molar-refractivity contribution in [1.82, 2.24) is 0 Å². The fraction of sp³-hybridized carbons (Fsp3) is 0.208.